The van der Waals surface area contributed by atoms with Crippen molar-refractivity contribution in [3.05, 3.63) is 35.3 Å². The van der Waals surface area contributed by atoms with Crippen molar-refractivity contribution in [3.63, 3.8) is 0 Å². The molecule has 5 heteroatoms. The van der Waals surface area contributed by atoms with Gasteiger partial charge in [0.1, 0.15) is 0 Å². The van der Waals surface area contributed by atoms with E-state index in [2.05, 4.69) is 43.2 Å². The largest absolute Gasteiger partial charge is 0.310 e. The van der Waals surface area contributed by atoms with Gasteiger partial charge in [-0.05, 0) is 25.0 Å². The monoisotopic (exact) mass is 273 g/mol. The zero-order valence-corrected chi connectivity index (χ0v) is 12.7. The van der Waals surface area contributed by atoms with Gasteiger partial charge in [-0.1, -0.05) is 27.7 Å². The summed E-state index contributed by atoms with van der Waals surface area (Å²) in [5, 5.41) is 16.3. The van der Waals surface area contributed by atoms with Crippen LogP contribution in [0.3, 0.4) is 0 Å². The maximum Gasteiger partial charge on any atom is 0.175 e. The lowest BCUT2D eigenvalue weighted by Crippen LogP contribution is -2.23. The van der Waals surface area contributed by atoms with Gasteiger partial charge >= 0.3 is 0 Å². The van der Waals surface area contributed by atoms with Gasteiger partial charge in [0.05, 0.1) is 11.4 Å². The van der Waals surface area contributed by atoms with Gasteiger partial charge in [0.15, 0.2) is 5.82 Å². The summed E-state index contributed by atoms with van der Waals surface area (Å²) in [4.78, 5) is 0. The molecule has 0 atom stereocenters. The molecule has 20 heavy (non-hydrogen) atoms. The second-order valence-electron chi connectivity index (χ2n) is 5.11. The van der Waals surface area contributed by atoms with E-state index in [-0.39, 0.29) is 0 Å². The summed E-state index contributed by atoms with van der Waals surface area (Å²) in [6.45, 7) is 9.46. The molecule has 5 nitrogen and oxygen atoms in total. The smallest absolute Gasteiger partial charge is 0.175 e. The molecule has 0 saturated heterocycles. The first-order valence-electron chi connectivity index (χ1n) is 7.28. The molecule has 0 aromatic carbocycles. The molecule has 108 valence electrons. The Hall–Kier alpha value is -1.75. The maximum absolute atomic E-state index is 4.72. The number of aromatic nitrogens is 4. The Bertz CT molecular complexity index is 545. The minimum absolute atomic E-state index is 0.462. The zero-order valence-electron chi connectivity index (χ0n) is 12.7. The highest BCUT2D eigenvalue weighted by Crippen LogP contribution is 2.19. The highest BCUT2D eigenvalue weighted by Gasteiger charge is 2.17. The second kappa shape index (κ2) is 6.61. The molecule has 0 saturated carbocycles. The molecule has 0 bridgehead atoms. The SMILES string of the molecule is CCc1nn(-c2cccnn2)c(CC)c1CNC(C)C. The van der Waals surface area contributed by atoms with Crippen molar-refractivity contribution in [3.8, 4) is 5.82 Å². The number of hydrogen-bond acceptors (Lipinski definition) is 4. The lowest BCUT2D eigenvalue weighted by atomic mass is 10.1. The van der Waals surface area contributed by atoms with Crippen molar-refractivity contribution in [2.45, 2.75) is 53.1 Å². The Kier molecular flexibility index (Phi) is 4.84. The first kappa shape index (κ1) is 14.7. The normalized spacial score (nSPS) is 11.2. The van der Waals surface area contributed by atoms with Gasteiger partial charge in [-0.3, -0.25) is 0 Å². The van der Waals surface area contributed by atoms with E-state index in [1.54, 1.807) is 6.20 Å². The van der Waals surface area contributed by atoms with Crippen LogP contribution in [0.25, 0.3) is 5.82 Å². The van der Waals surface area contributed by atoms with E-state index in [0.29, 0.717) is 6.04 Å². The minimum atomic E-state index is 0.462. The summed E-state index contributed by atoms with van der Waals surface area (Å²) in [6.07, 6.45) is 3.54. The van der Waals surface area contributed by atoms with Crippen LogP contribution in [0.4, 0.5) is 0 Å². The van der Waals surface area contributed by atoms with Gasteiger partial charge in [-0.15, -0.1) is 5.10 Å². The molecule has 0 fully saturated rings. The number of hydrogen-bond donors (Lipinski definition) is 1. The van der Waals surface area contributed by atoms with E-state index in [1.807, 2.05) is 16.8 Å². The summed E-state index contributed by atoms with van der Waals surface area (Å²) in [5.74, 6) is 0.787. The molecule has 2 rings (SSSR count). The van der Waals surface area contributed by atoms with Gasteiger partial charge in [0, 0.05) is 24.3 Å². The third kappa shape index (κ3) is 3.04. The fourth-order valence-corrected chi connectivity index (χ4v) is 2.29. The van der Waals surface area contributed by atoms with Gasteiger partial charge in [0.2, 0.25) is 0 Å². The average Bonchev–Trinajstić information content (AvgIpc) is 2.83. The molecular weight excluding hydrogens is 250 g/mol. The predicted octanol–water partition coefficient (Wildman–Crippen LogP) is 2.29. The lowest BCUT2D eigenvalue weighted by Gasteiger charge is -2.10. The van der Waals surface area contributed by atoms with Gasteiger partial charge in [-0.2, -0.15) is 10.2 Å². The van der Waals surface area contributed by atoms with Crippen LogP contribution in [0.5, 0.6) is 0 Å². The van der Waals surface area contributed by atoms with Gasteiger partial charge < -0.3 is 5.32 Å². The minimum Gasteiger partial charge on any atom is -0.310 e. The predicted molar refractivity (Wildman–Crippen MR) is 79.9 cm³/mol. The Morgan fingerprint density at radius 2 is 2.05 bits per heavy atom. The van der Waals surface area contributed by atoms with E-state index < -0.39 is 0 Å². The fraction of sp³-hybridized carbons (Fsp3) is 0.533. The number of aryl methyl sites for hydroxylation is 1. The average molecular weight is 273 g/mol. The van der Waals surface area contributed by atoms with E-state index in [9.17, 15) is 0 Å². The van der Waals surface area contributed by atoms with Crippen molar-refractivity contribution in [1.82, 2.24) is 25.3 Å². The Morgan fingerprint density at radius 3 is 2.60 bits per heavy atom. The number of nitrogens with one attached hydrogen (secondary N) is 1. The quantitative estimate of drug-likeness (QED) is 0.877. The molecular formula is C15H23N5. The molecule has 0 radical (unpaired) electrons. The first-order chi connectivity index (χ1) is 9.67. The highest BCUT2D eigenvalue weighted by atomic mass is 15.3. The van der Waals surface area contributed by atoms with E-state index in [1.165, 1.54) is 11.3 Å². The summed E-state index contributed by atoms with van der Waals surface area (Å²) >= 11 is 0. The molecule has 0 aliphatic carbocycles. The van der Waals surface area contributed by atoms with E-state index >= 15 is 0 Å². The summed E-state index contributed by atoms with van der Waals surface area (Å²) in [6, 6.07) is 4.30. The van der Waals surface area contributed by atoms with Crippen LogP contribution in [0, 0.1) is 0 Å². The summed E-state index contributed by atoms with van der Waals surface area (Å²) in [5.41, 5.74) is 3.66. The van der Waals surface area contributed by atoms with Crippen LogP contribution >= 0.6 is 0 Å². The number of nitrogens with zero attached hydrogens (tertiary/aromatic N) is 4. The number of rotatable bonds is 6. The third-order valence-electron chi connectivity index (χ3n) is 3.31. The van der Waals surface area contributed by atoms with Crippen LogP contribution in [0.1, 0.15) is 44.6 Å². The van der Waals surface area contributed by atoms with Crippen molar-refractivity contribution < 1.29 is 0 Å². The maximum atomic E-state index is 4.72. The molecule has 1 N–H and O–H groups in total. The van der Waals surface area contributed by atoms with Crippen LogP contribution in [0.2, 0.25) is 0 Å². The van der Waals surface area contributed by atoms with Crippen molar-refractivity contribution in [2.24, 2.45) is 0 Å². The molecule has 2 aromatic rings. The Balaban J connectivity index is 2.43. The summed E-state index contributed by atoms with van der Waals surface area (Å²) in [7, 11) is 0. The lowest BCUT2D eigenvalue weighted by molar-refractivity contribution is 0.584. The first-order valence-corrected chi connectivity index (χ1v) is 7.28. The van der Waals surface area contributed by atoms with Crippen molar-refractivity contribution in [2.75, 3.05) is 0 Å². The molecule has 0 spiro atoms. The molecule has 0 amide bonds. The van der Waals surface area contributed by atoms with Gasteiger partial charge in [-0.25, -0.2) is 4.68 Å². The second-order valence-corrected chi connectivity index (χ2v) is 5.11. The highest BCUT2D eigenvalue weighted by molar-refractivity contribution is 5.33. The van der Waals surface area contributed by atoms with E-state index in [4.69, 9.17) is 5.10 Å². The topological polar surface area (TPSA) is 55.6 Å². The molecule has 0 aliphatic heterocycles. The van der Waals surface area contributed by atoms with E-state index in [0.717, 1.165) is 30.9 Å². The molecule has 2 aromatic heterocycles. The molecule has 0 aliphatic rings. The third-order valence-corrected chi connectivity index (χ3v) is 3.31. The summed E-state index contributed by atoms with van der Waals surface area (Å²) < 4.78 is 1.93. The standard InChI is InChI=1S/C15H23N5/c1-5-13-12(10-16-11(3)4)14(6-2)20(19-13)15-8-7-9-17-18-15/h7-9,11,16H,5-6,10H2,1-4H3. The Morgan fingerprint density at radius 1 is 1.25 bits per heavy atom. The van der Waals surface area contributed by atoms with Gasteiger partial charge in [0.25, 0.3) is 0 Å². The molecule has 0 unspecified atom stereocenters. The van der Waals surface area contributed by atoms with Crippen LogP contribution < -0.4 is 5.32 Å². The van der Waals surface area contributed by atoms with Crippen LogP contribution in [-0.4, -0.2) is 26.0 Å². The Labute approximate surface area is 120 Å². The molecule has 2 heterocycles. The fourth-order valence-electron chi connectivity index (χ4n) is 2.29. The zero-order chi connectivity index (χ0) is 14.5. The van der Waals surface area contributed by atoms with Crippen LogP contribution in [0.15, 0.2) is 18.3 Å². The van der Waals surface area contributed by atoms with Crippen molar-refractivity contribution in [1.29, 1.82) is 0 Å². The van der Waals surface area contributed by atoms with Crippen LogP contribution in [-0.2, 0) is 19.4 Å². The van der Waals surface area contributed by atoms with Crippen molar-refractivity contribution >= 4 is 0 Å².